The smallest absolute Gasteiger partial charge is 0.316 e. The number of Topliss-reactive ketones (excluding diaryl/α,β-unsaturated/α-hetero) is 2. The van der Waals surface area contributed by atoms with Crippen molar-refractivity contribution in [3.05, 3.63) is 0 Å². The van der Waals surface area contributed by atoms with Crippen LogP contribution in [0.15, 0.2) is 0 Å². The van der Waals surface area contributed by atoms with Crippen molar-refractivity contribution in [2.45, 2.75) is 65.4 Å². The van der Waals surface area contributed by atoms with Crippen molar-refractivity contribution in [2.24, 2.45) is 17.8 Å². The molecule has 1 aliphatic carbocycles. The molecule has 7 nitrogen and oxygen atoms in total. The highest BCUT2D eigenvalue weighted by molar-refractivity contribution is 6.10. The highest BCUT2D eigenvalue weighted by Gasteiger charge is 2.45. The van der Waals surface area contributed by atoms with Crippen molar-refractivity contribution in [3.63, 3.8) is 0 Å². The number of nitrogens with zero attached hydrogens (tertiary/aromatic N) is 1. The van der Waals surface area contributed by atoms with E-state index in [2.05, 4.69) is 0 Å². The molecule has 1 N–H and O–H groups in total. The van der Waals surface area contributed by atoms with E-state index in [1.165, 1.54) is 0 Å². The summed E-state index contributed by atoms with van der Waals surface area (Å²) in [5, 5.41) is 10.2. The molecule has 0 aromatic carbocycles. The maximum absolute atomic E-state index is 12.3. The van der Waals surface area contributed by atoms with Crippen LogP contribution in [-0.4, -0.2) is 59.3 Å². The number of rotatable bonds is 5. The van der Waals surface area contributed by atoms with Crippen LogP contribution in [0.2, 0.25) is 0 Å². The van der Waals surface area contributed by atoms with E-state index in [1.807, 2.05) is 25.7 Å². The quantitative estimate of drug-likeness (QED) is 0.446. The molecule has 0 bridgehead atoms. The first-order valence-electron chi connectivity index (χ1n) is 9.43. The standard InChI is InChI=1S/C19H31NO6/c1-5-25-17(23)16-14(10-13(21)11-15(16)22)12-6-8-20(9-7-12)18(24)26-19(2,3)4/h12,14,16,18,24H,5-11H2,1-4H3. The third kappa shape index (κ3) is 5.34. The van der Waals surface area contributed by atoms with Crippen LogP contribution in [0.25, 0.3) is 0 Å². The molecule has 0 amide bonds. The summed E-state index contributed by atoms with van der Waals surface area (Å²) in [6.45, 7) is 8.76. The number of ether oxygens (including phenoxy) is 2. The zero-order valence-electron chi connectivity index (χ0n) is 16.2. The normalized spacial score (nSPS) is 27.4. The van der Waals surface area contributed by atoms with Crippen LogP contribution in [0.3, 0.4) is 0 Å². The van der Waals surface area contributed by atoms with Gasteiger partial charge in [0.05, 0.1) is 18.6 Å². The first-order valence-corrected chi connectivity index (χ1v) is 9.43. The van der Waals surface area contributed by atoms with E-state index < -0.39 is 23.9 Å². The minimum Gasteiger partial charge on any atom is -0.465 e. The molecular formula is C19H31NO6. The molecule has 3 unspecified atom stereocenters. The number of aliphatic hydroxyl groups is 1. The van der Waals surface area contributed by atoms with Crippen LogP contribution in [0.1, 0.15) is 53.4 Å². The fourth-order valence-electron chi connectivity index (χ4n) is 3.93. The van der Waals surface area contributed by atoms with Gasteiger partial charge in [-0.15, -0.1) is 0 Å². The number of hydrogen-bond donors (Lipinski definition) is 1. The molecule has 3 atom stereocenters. The van der Waals surface area contributed by atoms with Gasteiger partial charge in [0.1, 0.15) is 11.7 Å². The Morgan fingerprint density at radius 2 is 1.88 bits per heavy atom. The Kier molecular flexibility index (Phi) is 6.93. The molecule has 0 spiro atoms. The van der Waals surface area contributed by atoms with Gasteiger partial charge in [-0.2, -0.15) is 0 Å². The first kappa shape index (κ1) is 21.0. The van der Waals surface area contributed by atoms with Crippen LogP contribution in [0, 0.1) is 17.8 Å². The van der Waals surface area contributed by atoms with E-state index in [-0.39, 0.29) is 42.9 Å². The van der Waals surface area contributed by atoms with Gasteiger partial charge in [0, 0.05) is 19.5 Å². The van der Waals surface area contributed by atoms with Crippen LogP contribution < -0.4 is 0 Å². The molecule has 1 aliphatic heterocycles. The van der Waals surface area contributed by atoms with Gasteiger partial charge in [-0.1, -0.05) is 0 Å². The molecule has 1 saturated heterocycles. The topological polar surface area (TPSA) is 93.1 Å². The number of esters is 1. The zero-order chi connectivity index (χ0) is 19.5. The van der Waals surface area contributed by atoms with E-state index in [1.54, 1.807) is 6.92 Å². The van der Waals surface area contributed by atoms with E-state index in [9.17, 15) is 19.5 Å². The molecule has 1 heterocycles. The molecule has 0 aromatic rings. The second-order valence-electron chi connectivity index (χ2n) is 8.21. The van der Waals surface area contributed by atoms with Gasteiger partial charge in [0.15, 0.2) is 5.78 Å². The van der Waals surface area contributed by atoms with Gasteiger partial charge in [-0.05, 0) is 52.4 Å². The highest BCUT2D eigenvalue weighted by atomic mass is 16.6. The number of aliphatic hydroxyl groups excluding tert-OH is 1. The molecule has 2 aliphatic rings. The summed E-state index contributed by atoms with van der Waals surface area (Å²) in [6.07, 6.45) is 0.501. The molecule has 2 rings (SSSR count). The van der Waals surface area contributed by atoms with Crippen molar-refractivity contribution in [2.75, 3.05) is 19.7 Å². The van der Waals surface area contributed by atoms with Gasteiger partial charge < -0.3 is 14.6 Å². The molecule has 0 radical (unpaired) electrons. The van der Waals surface area contributed by atoms with Gasteiger partial charge >= 0.3 is 5.97 Å². The average Bonchev–Trinajstić information content (AvgIpc) is 2.52. The van der Waals surface area contributed by atoms with Crippen molar-refractivity contribution in [1.82, 2.24) is 4.90 Å². The zero-order valence-corrected chi connectivity index (χ0v) is 16.2. The lowest BCUT2D eigenvalue weighted by atomic mass is 9.68. The molecular weight excluding hydrogens is 338 g/mol. The van der Waals surface area contributed by atoms with E-state index in [0.29, 0.717) is 25.9 Å². The van der Waals surface area contributed by atoms with E-state index in [4.69, 9.17) is 9.47 Å². The SMILES string of the molecule is CCOC(=O)C1C(=O)CC(=O)CC1C1CCN(C(O)OC(C)(C)C)CC1. The summed E-state index contributed by atoms with van der Waals surface area (Å²) in [4.78, 5) is 38.4. The van der Waals surface area contributed by atoms with Crippen LogP contribution in [0.5, 0.6) is 0 Å². The first-order chi connectivity index (χ1) is 12.1. The number of hydrogen-bond acceptors (Lipinski definition) is 7. The Bertz CT molecular complexity index is 533. The Balaban J connectivity index is 2.02. The van der Waals surface area contributed by atoms with Crippen molar-refractivity contribution < 1.29 is 29.0 Å². The largest absolute Gasteiger partial charge is 0.465 e. The van der Waals surface area contributed by atoms with Crippen LogP contribution >= 0.6 is 0 Å². The summed E-state index contributed by atoms with van der Waals surface area (Å²) in [6, 6.07) is 0. The molecule has 1 saturated carbocycles. The number of likely N-dealkylation sites (tertiary alicyclic amines) is 1. The van der Waals surface area contributed by atoms with E-state index >= 15 is 0 Å². The summed E-state index contributed by atoms with van der Waals surface area (Å²) in [5.41, 5.74) is -0.451. The predicted molar refractivity (Wildman–Crippen MR) is 94.0 cm³/mol. The third-order valence-corrected chi connectivity index (χ3v) is 5.10. The lowest BCUT2D eigenvalue weighted by molar-refractivity contribution is -0.244. The van der Waals surface area contributed by atoms with E-state index in [0.717, 1.165) is 0 Å². The van der Waals surface area contributed by atoms with Crippen LogP contribution in [-0.2, 0) is 23.9 Å². The number of carbonyl (C=O) groups is 3. The van der Waals surface area contributed by atoms with Gasteiger partial charge in [0.25, 0.3) is 0 Å². The highest BCUT2D eigenvalue weighted by Crippen LogP contribution is 2.38. The lowest BCUT2D eigenvalue weighted by Gasteiger charge is -2.41. The Morgan fingerprint density at radius 1 is 1.27 bits per heavy atom. The van der Waals surface area contributed by atoms with Gasteiger partial charge in [-0.3, -0.25) is 19.3 Å². The van der Waals surface area contributed by atoms with Crippen molar-refractivity contribution >= 4 is 17.5 Å². The van der Waals surface area contributed by atoms with Crippen molar-refractivity contribution in [1.29, 1.82) is 0 Å². The summed E-state index contributed by atoms with van der Waals surface area (Å²) in [7, 11) is 0. The number of piperidine rings is 1. The average molecular weight is 369 g/mol. The minimum absolute atomic E-state index is 0.0793. The Morgan fingerprint density at radius 3 is 2.42 bits per heavy atom. The van der Waals surface area contributed by atoms with Crippen molar-refractivity contribution in [3.8, 4) is 0 Å². The molecule has 0 aromatic heterocycles. The number of ketones is 2. The fraction of sp³-hybridized carbons (Fsp3) is 0.842. The second kappa shape index (κ2) is 8.59. The summed E-state index contributed by atoms with van der Waals surface area (Å²) >= 11 is 0. The Hall–Kier alpha value is -1.31. The molecule has 148 valence electrons. The summed E-state index contributed by atoms with van der Waals surface area (Å²) in [5.74, 6) is -1.97. The maximum atomic E-state index is 12.3. The molecule has 2 fully saturated rings. The monoisotopic (exact) mass is 369 g/mol. The van der Waals surface area contributed by atoms with Crippen LogP contribution in [0.4, 0.5) is 0 Å². The predicted octanol–water partition coefficient (Wildman–Crippen LogP) is 1.52. The molecule has 7 heteroatoms. The third-order valence-electron chi connectivity index (χ3n) is 5.10. The lowest BCUT2D eigenvalue weighted by Crippen LogP contribution is -2.49. The minimum atomic E-state index is -0.980. The summed E-state index contributed by atoms with van der Waals surface area (Å²) < 4.78 is 10.7. The second-order valence-corrected chi connectivity index (χ2v) is 8.21. The van der Waals surface area contributed by atoms with Gasteiger partial charge in [-0.25, -0.2) is 0 Å². The maximum Gasteiger partial charge on any atom is 0.316 e. The fourth-order valence-corrected chi connectivity index (χ4v) is 3.93. The molecule has 26 heavy (non-hydrogen) atoms. The number of carbonyl (C=O) groups excluding carboxylic acids is 3. The van der Waals surface area contributed by atoms with Gasteiger partial charge in [0.2, 0.25) is 6.41 Å². The Labute approximate surface area is 155 Å².